The van der Waals surface area contributed by atoms with E-state index in [4.69, 9.17) is 16.3 Å². The van der Waals surface area contributed by atoms with E-state index in [1.54, 1.807) is 4.90 Å². The van der Waals surface area contributed by atoms with E-state index >= 15 is 0 Å². The van der Waals surface area contributed by atoms with Crippen molar-refractivity contribution < 1.29 is 17.9 Å². The number of ether oxygens (including phenoxy) is 1. The average Bonchev–Trinajstić information content (AvgIpc) is 2.39. The molecule has 0 aliphatic carbocycles. The van der Waals surface area contributed by atoms with Gasteiger partial charge in [0.2, 0.25) is 15.9 Å². The molecule has 112 valence electrons. The standard InChI is InChI=1S/C11H21ClN2O4S/c12-4-1-2-10-19(16,17)13-5-3-11(15)14-6-8-18-9-7-14/h13H,1-10H2. The van der Waals surface area contributed by atoms with Crippen LogP contribution in [0.5, 0.6) is 0 Å². The third-order valence-electron chi connectivity index (χ3n) is 2.82. The maximum atomic E-state index is 11.8. The van der Waals surface area contributed by atoms with E-state index < -0.39 is 10.0 Å². The fourth-order valence-electron chi connectivity index (χ4n) is 1.74. The van der Waals surface area contributed by atoms with Gasteiger partial charge in [0, 0.05) is 31.9 Å². The van der Waals surface area contributed by atoms with Gasteiger partial charge in [-0.1, -0.05) is 0 Å². The van der Waals surface area contributed by atoms with Gasteiger partial charge in [0.25, 0.3) is 0 Å². The molecule has 0 aromatic heterocycles. The van der Waals surface area contributed by atoms with Crippen LogP contribution < -0.4 is 4.72 Å². The lowest BCUT2D eigenvalue weighted by Gasteiger charge is -2.26. The summed E-state index contributed by atoms with van der Waals surface area (Å²) in [5, 5.41) is 0. The Labute approximate surface area is 119 Å². The average molecular weight is 313 g/mol. The number of hydrogen-bond donors (Lipinski definition) is 1. The highest BCUT2D eigenvalue weighted by Crippen LogP contribution is 2.00. The Morgan fingerprint density at radius 3 is 2.58 bits per heavy atom. The van der Waals surface area contributed by atoms with E-state index in [1.165, 1.54) is 0 Å². The summed E-state index contributed by atoms with van der Waals surface area (Å²) >= 11 is 5.49. The van der Waals surface area contributed by atoms with Gasteiger partial charge in [0.1, 0.15) is 0 Å². The first kappa shape index (κ1) is 16.7. The molecule has 1 aliphatic heterocycles. The van der Waals surface area contributed by atoms with Crippen molar-refractivity contribution in [3.05, 3.63) is 0 Å². The van der Waals surface area contributed by atoms with Crippen molar-refractivity contribution >= 4 is 27.5 Å². The highest BCUT2D eigenvalue weighted by Gasteiger charge is 2.17. The van der Waals surface area contributed by atoms with Crippen LogP contribution in [-0.4, -0.2) is 63.7 Å². The number of rotatable bonds is 8. The zero-order valence-corrected chi connectivity index (χ0v) is 12.5. The number of unbranched alkanes of at least 4 members (excludes halogenated alkanes) is 1. The maximum absolute atomic E-state index is 11.8. The fourth-order valence-corrected chi connectivity index (χ4v) is 3.07. The van der Waals surface area contributed by atoms with Crippen LogP contribution in [0.25, 0.3) is 0 Å². The van der Waals surface area contributed by atoms with Crippen molar-refractivity contribution in [3.8, 4) is 0 Å². The summed E-state index contributed by atoms with van der Waals surface area (Å²) in [7, 11) is -3.28. The predicted octanol–water partition coefficient (Wildman–Crippen LogP) is 0.174. The number of hydrogen-bond acceptors (Lipinski definition) is 4. The Hall–Kier alpha value is -0.370. The van der Waals surface area contributed by atoms with Gasteiger partial charge in [-0.25, -0.2) is 13.1 Å². The molecule has 0 spiro atoms. The van der Waals surface area contributed by atoms with Crippen molar-refractivity contribution in [2.45, 2.75) is 19.3 Å². The molecule has 1 saturated heterocycles. The van der Waals surface area contributed by atoms with Gasteiger partial charge in [0.05, 0.1) is 19.0 Å². The van der Waals surface area contributed by atoms with Gasteiger partial charge in [0.15, 0.2) is 0 Å². The van der Waals surface area contributed by atoms with Crippen LogP contribution in [0, 0.1) is 0 Å². The number of nitrogens with one attached hydrogen (secondary N) is 1. The van der Waals surface area contributed by atoms with Gasteiger partial charge in [-0.3, -0.25) is 4.79 Å². The van der Waals surface area contributed by atoms with Gasteiger partial charge in [-0.15, -0.1) is 11.6 Å². The van der Waals surface area contributed by atoms with Crippen molar-refractivity contribution in [1.82, 2.24) is 9.62 Å². The summed E-state index contributed by atoms with van der Waals surface area (Å²) in [4.78, 5) is 13.5. The van der Waals surface area contributed by atoms with Crippen LogP contribution in [-0.2, 0) is 19.6 Å². The minimum atomic E-state index is -3.28. The van der Waals surface area contributed by atoms with Crippen molar-refractivity contribution in [2.24, 2.45) is 0 Å². The number of halogens is 1. The molecule has 1 N–H and O–H groups in total. The first-order valence-corrected chi connectivity index (χ1v) is 8.62. The highest BCUT2D eigenvalue weighted by atomic mass is 35.5. The van der Waals surface area contributed by atoms with Crippen LogP contribution in [0.4, 0.5) is 0 Å². The topological polar surface area (TPSA) is 75.7 Å². The minimum Gasteiger partial charge on any atom is -0.378 e. The van der Waals surface area contributed by atoms with Crippen LogP contribution in [0.3, 0.4) is 0 Å². The summed E-state index contributed by atoms with van der Waals surface area (Å²) < 4.78 is 30.7. The van der Waals surface area contributed by atoms with E-state index in [0.29, 0.717) is 45.0 Å². The molecular formula is C11H21ClN2O4S. The van der Waals surface area contributed by atoms with Crippen LogP contribution in [0.1, 0.15) is 19.3 Å². The molecule has 0 unspecified atom stereocenters. The number of amides is 1. The second-order valence-corrected chi connectivity index (χ2v) is 6.66. The second kappa shape index (κ2) is 8.73. The number of carbonyl (C=O) groups is 1. The molecule has 1 heterocycles. The van der Waals surface area contributed by atoms with Crippen LogP contribution in [0.15, 0.2) is 0 Å². The predicted molar refractivity (Wildman–Crippen MR) is 73.8 cm³/mol. The van der Waals surface area contributed by atoms with E-state index in [9.17, 15) is 13.2 Å². The number of alkyl halides is 1. The zero-order valence-electron chi connectivity index (χ0n) is 10.9. The lowest BCUT2D eigenvalue weighted by atomic mass is 10.3. The number of nitrogens with zero attached hydrogens (tertiary/aromatic N) is 1. The van der Waals surface area contributed by atoms with Gasteiger partial charge >= 0.3 is 0 Å². The Morgan fingerprint density at radius 1 is 1.26 bits per heavy atom. The molecule has 8 heteroatoms. The lowest BCUT2D eigenvalue weighted by Crippen LogP contribution is -2.42. The Bertz CT molecular complexity index is 369. The molecule has 6 nitrogen and oxygen atoms in total. The van der Waals surface area contributed by atoms with Crippen LogP contribution in [0.2, 0.25) is 0 Å². The third-order valence-corrected chi connectivity index (χ3v) is 4.56. The van der Waals surface area contributed by atoms with E-state index in [1.807, 2.05) is 0 Å². The SMILES string of the molecule is O=C(CCNS(=O)(=O)CCCCCl)N1CCOCC1. The molecule has 0 aromatic rings. The smallest absolute Gasteiger partial charge is 0.224 e. The molecule has 0 saturated carbocycles. The molecule has 0 bridgehead atoms. The molecule has 0 atom stereocenters. The van der Waals surface area contributed by atoms with Gasteiger partial charge < -0.3 is 9.64 Å². The van der Waals surface area contributed by atoms with Gasteiger partial charge in [-0.2, -0.15) is 0 Å². The van der Waals surface area contributed by atoms with Crippen molar-refractivity contribution in [1.29, 1.82) is 0 Å². The number of sulfonamides is 1. The fraction of sp³-hybridized carbons (Fsp3) is 0.909. The molecule has 0 radical (unpaired) electrons. The highest BCUT2D eigenvalue weighted by molar-refractivity contribution is 7.89. The summed E-state index contributed by atoms with van der Waals surface area (Å²) in [5.74, 6) is 0.489. The Morgan fingerprint density at radius 2 is 1.95 bits per heavy atom. The zero-order chi connectivity index (χ0) is 14.1. The molecular weight excluding hydrogens is 292 g/mol. The first-order valence-electron chi connectivity index (χ1n) is 6.44. The normalized spacial score (nSPS) is 16.6. The maximum Gasteiger partial charge on any atom is 0.224 e. The Balaban J connectivity index is 2.19. The van der Waals surface area contributed by atoms with Crippen molar-refractivity contribution in [3.63, 3.8) is 0 Å². The second-order valence-electron chi connectivity index (χ2n) is 4.35. The summed E-state index contributed by atoms with van der Waals surface area (Å²) in [6.45, 7) is 2.42. The quantitative estimate of drug-likeness (QED) is 0.512. The molecule has 0 aromatic carbocycles. The number of carbonyl (C=O) groups excluding carboxylic acids is 1. The van der Waals surface area contributed by atoms with E-state index in [-0.39, 0.29) is 24.6 Å². The molecule has 1 fully saturated rings. The molecule has 19 heavy (non-hydrogen) atoms. The lowest BCUT2D eigenvalue weighted by molar-refractivity contribution is -0.135. The first-order chi connectivity index (χ1) is 9.05. The summed E-state index contributed by atoms with van der Waals surface area (Å²) in [6.07, 6.45) is 1.40. The Kier molecular flexibility index (Phi) is 7.67. The largest absolute Gasteiger partial charge is 0.378 e. The van der Waals surface area contributed by atoms with Crippen molar-refractivity contribution in [2.75, 3.05) is 44.5 Å². The molecule has 1 aliphatic rings. The monoisotopic (exact) mass is 312 g/mol. The van der Waals surface area contributed by atoms with Gasteiger partial charge in [-0.05, 0) is 12.8 Å². The summed E-state index contributed by atoms with van der Waals surface area (Å²) in [6, 6.07) is 0. The third kappa shape index (κ3) is 7.10. The van der Waals surface area contributed by atoms with Crippen LogP contribution >= 0.6 is 11.6 Å². The molecule has 1 rings (SSSR count). The summed E-state index contributed by atoms with van der Waals surface area (Å²) in [5.41, 5.74) is 0. The molecule has 1 amide bonds. The number of morpholine rings is 1. The van der Waals surface area contributed by atoms with E-state index in [0.717, 1.165) is 0 Å². The van der Waals surface area contributed by atoms with E-state index in [2.05, 4.69) is 4.72 Å². The minimum absolute atomic E-state index is 0.0354.